The number of rotatable bonds is 4. The van der Waals surface area contributed by atoms with Gasteiger partial charge in [-0.2, -0.15) is 0 Å². The van der Waals surface area contributed by atoms with Gasteiger partial charge in [0.25, 0.3) is 0 Å². The van der Waals surface area contributed by atoms with Gasteiger partial charge >= 0.3 is 5.97 Å². The summed E-state index contributed by atoms with van der Waals surface area (Å²) in [5.74, 6) is -1.70. The number of carboxylic acid groups (broad SMARTS) is 1. The molecule has 0 saturated heterocycles. The number of benzene rings is 2. The lowest BCUT2D eigenvalue weighted by Gasteiger charge is -2.20. The lowest BCUT2D eigenvalue weighted by molar-refractivity contribution is -0.151. The second kappa shape index (κ2) is 5.79. The highest BCUT2D eigenvalue weighted by Gasteiger charge is 2.36. The average Bonchev–Trinajstić information content (AvgIpc) is 2.48. The van der Waals surface area contributed by atoms with Crippen molar-refractivity contribution in [2.45, 2.75) is 13.8 Å². The largest absolute Gasteiger partial charge is 0.480 e. The number of para-hydroxylation sites is 1. The Morgan fingerprint density at radius 2 is 1.52 bits per heavy atom. The van der Waals surface area contributed by atoms with Gasteiger partial charge in [0.1, 0.15) is 5.41 Å². The molecule has 0 heterocycles. The first-order valence-corrected chi connectivity index (χ1v) is 6.62. The summed E-state index contributed by atoms with van der Waals surface area (Å²) in [6.45, 7) is 2.77. The highest BCUT2D eigenvalue weighted by Crippen LogP contribution is 2.29. The zero-order chi connectivity index (χ0) is 15.5. The van der Waals surface area contributed by atoms with Crippen LogP contribution in [-0.4, -0.2) is 17.0 Å². The Balaban J connectivity index is 2.34. The van der Waals surface area contributed by atoms with Crippen molar-refractivity contribution in [3.8, 4) is 11.1 Å². The molecule has 21 heavy (non-hydrogen) atoms. The summed E-state index contributed by atoms with van der Waals surface area (Å²) in [5.41, 5.74) is 0.932. The lowest BCUT2D eigenvalue weighted by Crippen LogP contribution is -2.37. The highest BCUT2D eigenvalue weighted by molar-refractivity contribution is 6.08. The molecule has 2 N–H and O–H groups in total. The molecule has 4 heteroatoms. The van der Waals surface area contributed by atoms with E-state index in [1.807, 2.05) is 42.5 Å². The first kappa shape index (κ1) is 14.8. The van der Waals surface area contributed by atoms with Crippen LogP contribution in [0, 0.1) is 5.41 Å². The maximum Gasteiger partial charge on any atom is 0.318 e. The fourth-order valence-corrected chi connectivity index (χ4v) is 1.84. The second-order valence-corrected chi connectivity index (χ2v) is 5.30. The van der Waals surface area contributed by atoms with Gasteiger partial charge in [-0.1, -0.05) is 48.5 Å². The minimum absolute atomic E-state index is 0.543. The molecule has 2 aromatic carbocycles. The molecule has 0 radical (unpaired) electrons. The number of carbonyl (C=O) groups excluding carboxylic acids is 1. The number of amides is 1. The molecule has 0 spiro atoms. The third-order valence-electron chi connectivity index (χ3n) is 3.36. The van der Waals surface area contributed by atoms with Crippen molar-refractivity contribution in [3.05, 3.63) is 54.6 Å². The zero-order valence-electron chi connectivity index (χ0n) is 12.0. The molecule has 0 bridgehead atoms. The minimum Gasteiger partial charge on any atom is -0.480 e. The maximum atomic E-state index is 12.2. The molecular weight excluding hydrogens is 266 g/mol. The summed E-state index contributed by atoms with van der Waals surface area (Å²) in [6, 6.07) is 16.9. The quantitative estimate of drug-likeness (QED) is 0.845. The first-order chi connectivity index (χ1) is 9.93. The third kappa shape index (κ3) is 3.11. The van der Waals surface area contributed by atoms with E-state index in [9.17, 15) is 9.59 Å². The monoisotopic (exact) mass is 283 g/mol. The van der Waals surface area contributed by atoms with Crippen molar-refractivity contribution >= 4 is 17.6 Å². The van der Waals surface area contributed by atoms with Crippen molar-refractivity contribution in [1.82, 2.24) is 0 Å². The number of anilines is 1. The minimum atomic E-state index is -1.48. The average molecular weight is 283 g/mol. The summed E-state index contributed by atoms with van der Waals surface area (Å²) >= 11 is 0. The SMILES string of the molecule is CC(C)(C(=O)O)C(=O)Nc1ccccc1-c1ccccc1. The number of aliphatic carboxylic acids is 1. The van der Waals surface area contributed by atoms with Gasteiger partial charge in [-0.05, 0) is 25.5 Å². The fourth-order valence-electron chi connectivity index (χ4n) is 1.84. The Kier molecular flexibility index (Phi) is 4.08. The molecule has 0 aromatic heterocycles. The first-order valence-electron chi connectivity index (χ1n) is 6.62. The molecule has 0 saturated carbocycles. The van der Waals surface area contributed by atoms with Gasteiger partial charge < -0.3 is 10.4 Å². The normalized spacial score (nSPS) is 11.0. The van der Waals surface area contributed by atoms with Crippen molar-refractivity contribution < 1.29 is 14.7 Å². The van der Waals surface area contributed by atoms with Gasteiger partial charge in [-0.25, -0.2) is 0 Å². The van der Waals surface area contributed by atoms with Crippen LogP contribution in [0.4, 0.5) is 5.69 Å². The number of carbonyl (C=O) groups is 2. The molecule has 2 aromatic rings. The van der Waals surface area contributed by atoms with E-state index in [4.69, 9.17) is 5.11 Å². The number of nitrogens with one attached hydrogen (secondary N) is 1. The Morgan fingerprint density at radius 3 is 2.14 bits per heavy atom. The van der Waals surface area contributed by atoms with Gasteiger partial charge in [0.2, 0.25) is 5.91 Å². The van der Waals surface area contributed by atoms with Crippen LogP contribution in [0.5, 0.6) is 0 Å². The van der Waals surface area contributed by atoms with E-state index in [2.05, 4.69) is 5.32 Å². The molecule has 2 rings (SSSR count). The van der Waals surface area contributed by atoms with Gasteiger partial charge in [0.15, 0.2) is 0 Å². The Hall–Kier alpha value is -2.62. The fraction of sp³-hybridized carbons (Fsp3) is 0.176. The van der Waals surface area contributed by atoms with E-state index in [1.54, 1.807) is 12.1 Å². The summed E-state index contributed by atoms with van der Waals surface area (Å²) in [5, 5.41) is 11.8. The molecule has 1 amide bonds. The van der Waals surface area contributed by atoms with Crippen LogP contribution in [0.25, 0.3) is 11.1 Å². The van der Waals surface area contributed by atoms with Gasteiger partial charge in [-0.3, -0.25) is 9.59 Å². The lowest BCUT2D eigenvalue weighted by atomic mass is 9.92. The van der Waals surface area contributed by atoms with Crippen LogP contribution in [0.1, 0.15) is 13.8 Å². The number of carboxylic acids is 1. The summed E-state index contributed by atoms with van der Waals surface area (Å²) in [7, 11) is 0. The van der Waals surface area contributed by atoms with E-state index in [0.29, 0.717) is 5.69 Å². The molecule has 0 aliphatic carbocycles. The molecule has 4 nitrogen and oxygen atoms in total. The second-order valence-electron chi connectivity index (χ2n) is 5.30. The van der Waals surface area contributed by atoms with E-state index >= 15 is 0 Å². The van der Waals surface area contributed by atoms with Crippen LogP contribution in [0.3, 0.4) is 0 Å². The summed E-state index contributed by atoms with van der Waals surface area (Å²) in [6.07, 6.45) is 0. The molecule has 0 aliphatic rings. The van der Waals surface area contributed by atoms with E-state index < -0.39 is 17.3 Å². The predicted molar refractivity (Wildman–Crippen MR) is 81.9 cm³/mol. The smallest absolute Gasteiger partial charge is 0.318 e. The Morgan fingerprint density at radius 1 is 0.952 bits per heavy atom. The van der Waals surface area contributed by atoms with E-state index in [0.717, 1.165) is 11.1 Å². The standard InChI is InChI=1S/C17H17NO3/c1-17(2,16(20)21)15(19)18-14-11-7-6-10-13(14)12-8-4-3-5-9-12/h3-11H,1-2H3,(H,18,19)(H,20,21). The highest BCUT2D eigenvalue weighted by atomic mass is 16.4. The summed E-state index contributed by atoms with van der Waals surface area (Å²) < 4.78 is 0. The van der Waals surface area contributed by atoms with Crippen LogP contribution in [-0.2, 0) is 9.59 Å². The maximum absolute atomic E-state index is 12.2. The molecule has 0 atom stereocenters. The van der Waals surface area contributed by atoms with Gasteiger partial charge in [-0.15, -0.1) is 0 Å². The van der Waals surface area contributed by atoms with Crippen LogP contribution in [0.2, 0.25) is 0 Å². The van der Waals surface area contributed by atoms with Gasteiger partial charge in [0.05, 0.1) is 0 Å². The van der Waals surface area contributed by atoms with Crippen LogP contribution >= 0.6 is 0 Å². The van der Waals surface area contributed by atoms with Crippen molar-refractivity contribution in [1.29, 1.82) is 0 Å². The number of hydrogen-bond acceptors (Lipinski definition) is 2. The molecule has 0 unspecified atom stereocenters. The summed E-state index contributed by atoms with van der Waals surface area (Å²) in [4.78, 5) is 23.3. The van der Waals surface area contributed by atoms with Crippen LogP contribution in [0.15, 0.2) is 54.6 Å². The van der Waals surface area contributed by atoms with Crippen molar-refractivity contribution in [2.24, 2.45) is 5.41 Å². The Bertz CT molecular complexity index is 663. The van der Waals surface area contributed by atoms with E-state index in [-0.39, 0.29) is 0 Å². The van der Waals surface area contributed by atoms with Crippen LogP contribution < -0.4 is 5.32 Å². The van der Waals surface area contributed by atoms with Crippen molar-refractivity contribution in [2.75, 3.05) is 5.32 Å². The topological polar surface area (TPSA) is 66.4 Å². The number of hydrogen-bond donors (Lipinski definition) is 2. The predicted octanol–water partition coefficient (Wildman–Crippen LogP) is 3.40. The third-order valence-corrected chi connectivity index (χ3v) is 3.36. The van der Waals surface area contributed by atoms with Gasteiger partial charge in [0, 0.05) is 11.3 Å². The molecule has 0 fully saturated rings. The Labute approximate surface area is 123 Å². The molecule has 0 aliphatic heterocycles. The van der Waals surface area contributed by atoms with E-state index in [1.165, 1.54) is 13.8 Å². The molecule has 108 valence electrons. The van der Waals surface area contributed by atoms with Crippen molar-refractivity contribution in [3.63, 3.8) is 0 Å². The molecular formula is C17H17NO3. The zero-order valence-corrected chi connectivity index (χ0v) is 12.0.